The average molecular weight is 351 g/mol. The van der Waals surface area contributed by atoms with Gasteiger partial charge in [0.05, 0.1) is 11.6 Å². The van der Waals surface area contributed by atoms with Gasteiger partial charge in [-0.15, -0.1) is 0 Å². The third-order valence-electron chi connectivity index (χ3n) is 5.06. The first kappa shape index (κ1) is 17.6. The largest absolute Gasteiger partial charge is 0.492 e. The molecule has 0 radical (unpaired) electrons. The predicted octanol–water partition coefficient (Wildman–Crippen LogP) is 3.57. The molecule has 1 heterocycles. The Morgan fingerprint density at radius 2 is 2.04 bits per heavy atom. The third kappa shape index (κ3) is 4.22. The van der Waals surface area contributed by atoms with E-state index in [2.05, 4.69) is 15.9 Å². The number of hydrogen-bond donors (Lipinski definition) is 0. The van der Waals surface area contributed by atoms with Gasteiger partial charge in [-0.05, 0) is 43.9 Å². The van der Waals surface area contributed by atoms with Gasteiger partial charge in [-0.1, -0.05) is 24.1 Å². The van der Waals surface area contributed by atoms with Crippen LogP contribution >= 0.6 is 11.6 Å². The second kappa shape index (κ2) is 8.21. The molecular formula is C19H27ClN2O2. The molecule has 0 bridgehead atoms. The Kier molecular flexibility index (Phi) is 6.01. The average Bonchev–Trinajstić information content (AvgIpc) is 2.74. The van der Waals surface area contributed by atoms with Crippen LogP contribution in [0.1, 0.15) is 38.2 Å². The number of carbonyl (C=O) groups excluding carboxylic acids is 1. The third-order valence-corrected chi connectivity index (χ3v) is 5.35. The van der Waals surface area contributed by atoms with Gasteiger partial charge in [0.25, 0.3) is 0 Å². The van der Waals surface area contributed by atoms with Crippen LogP contribution in [0.5, 0.6) is 5.75 Å². The number of halogens is 1. The van der Waals surface area contributed by atoms with E-state index < -0.39 is 0 Å². The molecule has 1 aliphatic heterocycles. The van der Waals surface area contributed by atoms with Crippen molar-refractivity contribution in [1.29, 1.82) is 0 Å². The molecule has 0 N–H and O–H groups in total. The summed E-state index contributed by atoms with van der Waals surface area (Å²) in [6.07, 6.45) is 4.44. The zero-order valence-electron chi connectivity index (χ0n) is 14.5. The molecule has 24 heavy (non-hydrogen) atoms. The van der Waals surface area contributed by atoms with Crippen LogP contribution in [-0.2, 0) is 11.3 Å². The monoisotopic (exact) mass is 350 g/mol. The SMILES string of the molecule is CCOc1ccc(CN2CCCN(C(=O)C3CCC3)CC2)cc1Cl. The Bertz CT molecular complexity index is 574. The van der Waals surface area contributed by atoms with Crippen molar-refractivity contribution in [2.75, 3.05) is 32.8 Å². The first-order valence-electron chi connectivity index (χ1n) is 9.09. The van der Waals surface area contributed by atoms with Gasteiger partial charge in [0, 0.05) is 38.6 Å². The molecule has 1 saturated carbocycles. The van der Waals surface area contributed by atoms with Gasteiger partial charge in [-0.2, -0.15) is 0 Å². The molecule has 1 aliphatic carbocycles. The van der Waals surface area contributed by atoms with Gasteiger partial charge in [0.15, 0.2) is 0 Å². The van der Waals surface area contributed by atoms with Crippen molar-refractivity contribution < 1.29 is 9.53 Å². The van der Waals surface area contributed by atoms with Crippen molar-refractivity contribution in [2.24, 2.45) is 5.92 Å². The van der Waals surface area contributed by atoms with Crippen LogP contribution in [0.25, 0.3) is 0 Å². The van der Waals surface area contributed by atoms with Crippen LogP contribution in [0.4, 0.5) is 0 Å². The summed E-state index contributed by atoms with van der Waals surface area (Å²) in [5, 5.41) is 0.672. The van der Waals surface area contributed by atoms with E-state index in [4.69, 9.17) is 16.3 Å². The first-order chi connectivity index (χ1) is 11.7. The Balaban J connectivity index is 1.54. The maximum atomic E-state index is 12.4. The maximum Gasteiger partial charge on any atom is 0.225 e. The van der Waals surface area contributed by atoms with E-state index in [-0.39, 0.29) is 0 Å². The minimum absolute atomic E-state index is 0.307. The van der Waals surface area contributed by atoms with E-state index in [1.54, 1.807) is 0 Å². The Hall–Kier alpha value is -1.26. The van der Waals surface area contributed by atoms with Crippen molar-refractivity contribution in [1.82, 2.24) is 9.80 Å². The van der Waals surface area contributed by atoms with Crippen molar-refractivity contribution >= 4 is 17.5 Å². The fraction of sp³-hybridized carbons (Fsp3) is 0.632. The van der Waals surface area contributed by atoms with E-state index in [1.165, 1.54) is 12.0 Å². The summed E-state index contributed by atoms with van der Waals surface area (Å²) in [6, 6.07) is 6.03. The molecule has 1 amide bonds. The molecule has 0 unspecified atom stereocenters. The summed E-state index contributed by atoms with van der Waals surface area (Å²) in [5.74, 6) is 1.43. The normalized spacial score (nSPS) is 19.7. The number of amides is 1. The number of carbonyl (C=O) groups is 1. The Morgan fingerprint density at radius 3 is 2.71 bits per heavy atom. The van der Waals surface area contributed by atoms with E-state index in [0.29, 0.717) is 23.5 Å². The quantitative estimate of drug-likeness (QED) is 0.813. The van der Waals surface area contributed by atoms with Crippen LogP contribution in [0, 0.1) is 5.92 Å². The lowest BCUT2D eigenvalue weighted by atomic mass is 9.84. The number of benzene rings is 1. The molecular weight excluding hydrogens is 324 g/mol. The van der Waals surface area contributed by atoms with Crippen molar-refractivity contribution in [3.05, 3.63) is 28.8 Å². The highest BCUT2D eigenvalue weighted by Crippen LogP contribution is 2.29. The first-order valence-corrected chi connectivity index (χ1v) is 9.47. The minimum Gasteiger partial charge on any atom is -0.492 e. The molecule has 1 saturated heterocycles. The molecule has 2 fully saturated rings. The smallest absolute Gasteiger partial charge is 0.225 e. The lowest BCUT2D eigenvalue weighted by Crippen LogP contribution is -2.41. The molecule has 5 heteroatoms. The summed E-state index contributed by atoms with van der Waals surface area (Å²) in [4.78, 5) is 16.9. The topological polar surface area (TPSA) is 32.8 Å². The highest BCUT2D eigenvalue weighted by Gasteiger charge is 2.30. The summed E-state index contributed by atoms with van der Waals surface area (Å²) in [7, 11) is 0. The van der Waals surface area contributed by atoms with Crippen molar-refractivity contribution in [3.63, 3.8) is 0 Å². The summed E-state index contributed by atoms with van der Waals surface area (Å²) in [5.41, 5.74) is 1.20. The Morgan fingerprint density at radius 1 is 1.21 bits per heavy atom. The van der Waals surface area contributed by atoms with E-state index >= 15 is 0 Å². The van der Waals surface area contributed by atoms with Gasteiger partial charge in [-0.3, -0.25) is 9.69 Å². The molecule has 1 aromatic carbocycles. The second-order valence-electron chi connectivity index (χ2n) is 6.78. The fourth-order valence-corrected chi connectivity index (χ4v) is 3.69. The lowest BCUT2D eigenvalue weighted by molar-refractivity contribution is -0.138. The minimum atomic E-state index is 0.307. The van der Waals surface area contributed by atoms with Crippen molar-refractivity contribution in [3.8, 4) is 5.75 Å². The van der Waals surface area contributed by atoms with Crippen LogP contribution in [-0.4, -0.2) is 48.5 Å². The summed E-state index contributed by atoms with van der Waals surface area (Å²) < 4.78 is 5.49. The molecule has 3 rings (SSSR count). The van der Waals surface area contributed by atoms with Crippen LogP contribution in [0.15, 0.2) is 18.2 Å². The maximum absolute atomic E-state index is 12.4. The van der Waals surface area contributed by atoms with Crippen molar-refractivity contribution in [2.45, 2.75) is 39.2 Å². The molecule has 2 aliphatic rings. The van der Waals surface area contributed by atoms with E-state index in [1.807, 2.05) is 19.1 Å². The predicted molar refractivity (Wildman–Crippen MR) is 96.4 cm³/mol. The zero-order valence-corrected chi connectivity index (χ0v) is 15.2. The fourth-order valence-electron chi connectivity index (χ4n) is 3.44. The molecule has 4 nitrogen and oxygen atoms in total. The standard InChI is InChI=1S/C19H27ClN2O2/c1-2-24-18-8-7-15(13-17(18)20)14-21-9-4-10-22(12-11-21)19(23)16-5-3-6-16/h7-8,13,16H,2-6,9-12,14H2,1H3. The van der Waals surface area contributed by atoms with Crippen LogP contribution in [0.2, 0.25) is 5.02 Å². The highest BCUT2D eigenvalue weighted by atomic mass is 35.5. The zero-order chi connectivity index (χ0) is 16.9. The lowest BCUT2D eigenvalue weighted by Gasteiger charge is -2.31. The molecule has 132 valence electrons. The van der Waals surface area contributed by atoms with Crippen LogP contribution < -0.4 is 4.74 Å². The number of hydrogen-bond acceptors (Lipinski definition) is 3. The van der Waals surface area contributed by atoms with Gasteiger partial charge in [0.2, 0.25) is 5.91 Å². The van der Waals surface area contributed by atoms with E-state index in [9.17, 15) is 4.79 Å². The summed E-state index contributed by atoms with van der Waals surface area (Å²) in [6.45, 7) is 7.16. The van der Waals surface area contributed by atoms with Gasteiger partial charge in [0.1, 0.15) is 5.75 Å². The highest BCUT2D eigenvalue weighted by molar-refractivity contribution is 6.32. The number of rotatable bonds is 5. The number of ether oxygens (including phenoxy) is 1. The van der Waals surface area contributed by atoms with Gasteiger partial charge >= 0.3 is 0 Å². The van der Waals surface area contributed by atoms with Crippen LogP contribution in [0.3, 0.4) is 0 Å². The Labute approximate surface area is 149 Å². The molecule has 0 atom stereocenters. The number of nitrogens with zero attached hydrogens (tertiary/aromatic N) is 2. The van der Waals surface area contributed by atoms with Gasteiger partial charge in [-0.25, -0.2) is 0 Å². The van der Waals surface area contributed by atoms with E-state index in [0.717, 1.165) is 57.7 Å². The second-order valence-corrected chi connectivity index (χ2v) is 7.19. The van der Waals surface area contributed by atoms with Gasteiger partial charge < -0.3 is 9.64 Å². The molecule has 1 aromatic rings. The molecule has 0 spiro atoms. The molecule has 0 aromatic heterocycles. The summed E-state index contributed by atoms with van der Waals surface area (Å²) >= 11 is 6.28.